The van der Waals surface area contributed by atoms with Crippen LogP contribution >= 0.6 is 0 Å². The lowest BCUT2D eigenvalue weighted by atomic mass is 9.83. The van der Waals surface area contributed by atoms with Crippen molar-refractivity contribution in [2.75, 3.05) is 6.54 Å². The number of hydrogen-bond donors (Lipinski definition) is 2. The van der Waals surface area contributed by atoms with Crippen molar-refractivity contribution in [2.45, 2.75) is 38.5 Å². The van der Waals surface area contributed by atoms with Crippen LogP contribution in [0.25, 0.3) is 0 Å². The van der Waals surface area contributed by atoms with Crippen LogP contribution in [-0.2, 0) is 11.2 Å². The number of imidazole rings is 1. The summed E-state index contributed by atoms with van der Waals surface area (Å²) in [5, 5.41) is 2.96. The van der Waals surface area contributed by atoms with E-state index < -0.39 is 0 Å². The third-order valence-electron chi connectivity index (χ3n) is 3.17. The molecule has 1 fully saturated rings. The van der Waals surface area contributed by atoms with E-state index >= 15 is 0 Å². The van der Waals surface area contributed by atoms with Gasteiger partial charge in [0.15, 0.2) is 0 Å². The van der Waals surface area contributed by atoms with Crippen molar-refractivity contribution in [2.24, 2.45) is 5.92 Å². The van der Waals surface area contributed by atoms with Gasteiger partial charge in [0.05, 0.1) is 0 Å². The van der Waals surface area contributed by atoms with E-state index in [0.717, 1.165) is 31.6 Å². The summed E-state index contributed by atoms with van der Waals surface area (Å²) in [5.41, 5.74) is 0. The predicted molar refractivity (Wildman–Crippen MR) is 61.9 cm³/mol. The zero-order chi connectivity index (χ0) is 11.2. The number of nitrogens with zero attached hydrogens (tertiary/aromatic N) is 1. The first-order chi connectivity index (χ1) is 7.84. The third-order valence-corrected chi connectivity index (χ3v) is 3.17. The molecule has 0 radical (unpaired) electrons. The van der Waals surface area contributed by atoms with Gasteiger partial charge >= 0.3 is 0 Å². The van der Waals surface area contributed by atoms with Gasteiger partial charge in [-0.2, -0.15) is 0 Å². The van der Waals surface area contributed by atoms with Gasteiger partial charge < -0.3 is 10.3 Å². The molecule has 0 saturated heterocycles. The molecular formula is C12H19N3O. The molecule has 16 heavy (non-hydrogen) atoms. The molecule has 88 valence electrons. The average molecular weight is 221 g/mol. The zero-order valence-electron chi connectivity index (χ0n) is 9.54. The van der Waals surface area contributed by atoms with Crippen molar-refractivity contribution >= 4 is 5.91 Å². The summed E-state index contributed by atoms with van der Waals surface area (Å²) >= 11 is 0. The molecule has 1 amide bonds. The molecule has 2 rings (SSSR count). The molecule has 4 heteroatoms. The lowest BCUT2D eigenvalue weighted by molar-refractivity contribution is -0.122. The van der Waals surface area contributed by atoms with Gasteiger partial charge in [-0.15, -0.1) is 0 Å². The summed E-state index contributed by atoms with van der Waals surface area (Å²) in [7, 11) is 0. The van der Waals surface area contributed by atoms with Crippen LogP contribution < -0.4 is 5.32 Å². The summed E-state index contributed by atoms with van der Waals surface area (Å²) in [6, 6.07) is 0. The zero-order valence-corrected chi connectivity index (χ0v) is 9.54. The number of carbonyl (C=O) groups excluding carboxylic acids is 1. The highest BCUT2D eigenvalue weighted by Gasteiger charge is 2.20. The highest BCUT2D eigenvalue weighted by atomic mass is 16.1. The van der Waals surface area contributed by atoms with Gasteiger partial charge in [0.25, 0.3) is 0 Å². The second kappa shape index (κ2) is 5.68. The average Bonchev–Trinajstić information content (AvgIpc) is 2.71. The summed E-state index contributed by atoms with van der Waals surface area (Å²) in [4.78, 5) is 18.7. The van der Waals surface area contributed by atoms with Gasteiger partial charge in [-0.1, -0.05) is 6.42 Å². The number of H-pyrrole nitrogens is 1. The van der Waals surface area contributed by atoms with Crippen molar-refractivity contribution in [3.63, 3.8) is 0 Å². The molecule has 0 spiro atoms. The van der Waals surface area contributed by atoms with Crippen molar-refractivity contribution in [3.05, 3.63) is 18.2 Å². The minimum absolute atomic E-state index is 0.212. The van der Waals surface area contributed by atoms with Gasteiger partial charge in [-0.25, -0.2) is 4.98 Å². The Balaban J connectivity index is 1.52. The lowest BCUT2D eigenvalue weighted by Gasteiger charge is -2.24. The maximum absolute atomic E-state index is 11.5. The molecule has 1 aromatic heterocycles. The highest BCUT2D eigenvalue weighted by molar-refractivity contribution is 5.76. The second-order valence-corrected chi connectivity index (χ2v) is 4.49. The number of carbonyl (C=O) groups is 1. The number of hydrogen-bond acceptors (Lipinski definition) is 2. The largest absolute Gasteiger partial charge is 0.356 e. The Morgan fingerprint density at radius 1 is 1.56 bits per heavy atom. The van der Waals surface area contributed by atoms with Crippen LogP contribution in [0.5, 0.6) is 0 Å². The Morgan fingerprint density at radius 3 is 3.06 bits per heavy atom. The Bertz CT molecular complexity index is 317. The van der Waals surface area contributed by atoms with Crippen LogP contribution in [0, 0.1) is 5.92 Å². The number of aromatic amines is 1. The number of amides is 1. The second-order valence-electron chi connectivity index (χ2n) is 4.49. The molecule has 0 atom stereocenters. The summed E-state index contributed by atoms with van der Waals surface area (Å²) < 4.78 is 0. The maximum atomic E-state index is 11.5. The van der Waals surface area contributed by atoms with E-state index in [2.05, 4.69) is 15.3 Å². The summed E-state index contributed by atoms with van der Waals surface area (Å²) in [5.74, 6) is 1.86. The van der Waals surface area contributed by atoms with Crippen molar-refractivity contribution in [3.8, 4) is 0 Å². The van der Waals surface area contributed by atoms with Crippen LogP contribution in [0.15, 0.2) is 12.4 Å². The number of nitrogens with one attached hydrogen (secondary N) is 2. The maximum Gasteiger partial charge on any atom is 0.220 e. The van der Waals surface area contributed by atoms with E-state index in [4.69, 9.17) is 0 Å². The third kappa shape index (κ3) is 3.36. The fourth-order valence-corrected chi connectivity index (χ4v) is 1.95. The summed E-state index contributed by atoms with van der Waals surface area (Å²) in [6.07, 6.45) is 9.92. The lowest BCUT2D eigenvalue weighted by Crippen LogP contribution is -2.28. The van der Waals surface area contributed by atoms with Gasteiger partial charge in [-0.3, -0.25) is 4.79 Å². The van der Waals surface area contributed by atoms with Crippen LogP contribution in [0.1, 0.15) is 37.9 Å². The SMILES string of the molecule is O=C(CC1CCC1)NCCCc1ncc[nH]1. The van der Waals surface area contributed by atoms with Crippen LogP contribution in [0.3, 0.4) is 0 Å². The van der Waals surface area contributed by atoms with Crippen molar-refractivity contribution in [1.29, 1.82) is 0 Å². The number of aromatic nitrogens is 2. The van der Waals surface area contributed by atoms with Crippen LogP contribution in [0.2, 0.25) is 0 Å². The number of rotatable bonds is 6. The van der Waals surface area contributed by atoms with E-state index in [0.29, 0.717) is 5.92 Å². The predicted octanol–water partition coefficient (Wildman–Crippen LogP) is 1.65. The first-order valence-electron chi connectivity index (χ1n) is 6.09. The first kappa shape index (κ1) is 11.2. The minimum Gasteiger partial charge on any atom is -0.356 e. The smallest absolute Gasteiger partial charge is 0.220 e. The molecule has 0 aliphatic heterocycles. The van der Waals surface area contributed by atoms with E-state index in [1.54, 1.807) is 6.20 Å². The molecule has 0 aromatic carbocycles. The van der Waals surface area contributed by atoms with Gasteiger partial charge in [-0.05, 0) is 25.2 Å². The molecule has 1 heterocycles. The Morgan fingerprint density at radius 2 is 2.44 bits per heavy atom. The Hall–Kier alpha value is -1.32. The molecule has 4 nitrogen and oxygen atoms in total. The minimum atomic E-state index is 0.212. The molecule has 0 bridgehead atoms. The van der Waals surface area contributed by atoms with E-state index in [9.17, 15) is 4.79 Å². The number of aryl methyl sites for hydroxylation is 1. The van der Waals surface area contributed by atoms with Crippen LogP contribution in [-0.4, -0.2) is 22.4 Å². The molecule has 0 unspecified atom stereocenters. The van der Waals surface area contributed by atoms with E-state index in [-0.39, 0.29) is 5.91 Å². The summed E-state index contributed by atoms with van der Waals surface area (Å²) in [6.45, 7) is 0.756. The van der Waals surface area contributed by atoms with Gasteiger partial charge in [0.2, 0.25) is 5.91 Å². The topological polar surface area (TPSA) is 57.8 Å². The van der Waals surface area contributed by atoms with E-state index in [1.165, 1.54) is 19.3 Å². The molecule has 1 saturated carbocycles. The van der Waals surface area contributed by atoms with Crippen LogP contribution in [0.4, 0.5) is 0 Å². The highest BCUT2D eigenvalue weighted by Crippen LogP contribution is 2.28. The Kier molecular flexibility index (Phi) is 3.97. The van der Waals surface area contributed by atoms with Crippen molar-refractivity contribution in [1.82, 2.24) is 15.3 Å². The van der Waals surface area contributed by atoms with Gasteiger partial charge in [0.1, 0.15) is 5.82 Å². The van der Waals surface area contributed by atoms with E-state index in [1.807, 2.05) is 6.20 Å². The fourth-order valence-electron chi connectivity index (χ4n) is 1.95. The quantitative estimate of drug-likeness (QED) is 0.718. The first-order valence-corrected chi connectivity index (χ1v) is 6.09. The fraction of sp³-hybridized carbons (Fsp3) is 0.667. The molecule has 1 aliphatic rings. The van der Waals surface area contributed by atoms with Crippen molar-refractivity contribution < 1.29 is 4.79 Å². The monoisotopic (exact) mass is 221 g/mol. The normalized spacial score (nSPS) is 15.8. The van der Waals surface area contributed by atoms with Gasteiger partial charge in [0, 0.05) is 31.8 Å². The molecular weight excluding hydrogens is 202 g/mol. The molecule has 1 aromatic rings. The molecule has 1 aliphatic carbocycles. The molecule has 2 N–H and O–H groups in total. The Labute approximate surface area is 95.9 Å². The standard InChI is InChI=1S/C12H19N3O/c16-12(9-10-3-1-4-10)15-6-2-5-11-13-7-8-14-11/h7-8,10H,1-6,9H2,(H,13,14)(H,15,16).